The fourth-order valence-electron chi connectivity index (χ4n) is 1.07. The molecule has 2 heteroatoms. The monoisotopic (exact) mass is 179 g/mol. The van der Waals surface area contributed by atoms with Gasteiger partial charge in [0.05, 0.1) is 13.2 Å². The summed E-state index contributed by atoms with van der Waals surface area (Å²) in [5.41, 5.74) is 1.18. The molecule has 0 aliphatic rings. The predicted molar refractivity (Wildman–Crippen MR) is 50.9 cm³/mol. The first-order valence-electron chi connectivity index (χ1n) is 4.63. The minimum absolute atomic E-state index is 0.00863. The molecular formula is C11H15O2. The summed E-state index contributed by atoms with van der Waals surface area (Å²) in [6.07, 6.45) is 1.59. The van der Waals surface area contributed by atoms with Gasteiger partial charge in [-0.15, -0.1) is 0 Å². The molecular weight excluding hydrogens is 164 g/mol. The predicted octanol–water partition coefficient (Wildman–Crippen LogP) is 2.41. The van der Waals surface area contributed by atoms with Gasteiger partial charge in [-0.25, -0.2) is 5.11 Å². The van der Waals surface area contributed by atoms with Crippen molar-refractivity contribution in [3.63, 3.8) is 0 Å². The van der Waals surface area contributed by atoms with Crippen LogP contribution in [0.3, 0.4) is 0 Å². The van der Waals surface area contributed by atoms with E-state index in [2.05, 4.69) is 0 Å². The molecule has 0 aromatic heterocycles. The fraction of sp³-hybridized carbons (Fsp3) is 0.455. The second kappa shape index (κ2) is 6.63. The summed E-state index contributed by atoms with van der Waals surface area (Å²) in [7, 11) is 0. The Bertz CT molecular complexity index is 209. The van der Waals surface area contributed by atoms with Crippen LogP contribution in [0.4, 0.5) is 0 Å². The molecule has 0 N–H and O–H groups in total. The van der Waals surface area contributed by atoms with Crippen molar-refractivity contribution < 1.29 is 9.84 Å². The molecule has 0 aliphatic heterocycles. The third-order valence-electron chi connectivity index (χ3n) is 1.79. The maximum Gasteiger partial charge on any atom is 0.0823 e. The summed E-state index contributed by atoms with van der Waals surface area (Å²) in [6.45, 7) is 1.35. The molecule has 1 aromatic rings. The number of unbranched alkanes of at least 4 members (excludes halogenated alkanes) is 1. The number of hydrogen-bond acceptors (Lipinski definition) is 1. The van der Waals surface area contributed by atoms with E-state index in [1.165, 1.54) is 5.56 Å². The Morgan fingerprint density at radius 2 is 1.85 bits per heavy atom. The van der Waals surface area contributed by atoms with Crippen LogP contribution in [-0.2, 0) is 16.5 Å². The van der Waals surface area contributed by atoms with Crippen molar-refractivity contribution in [2.24, 2.45) is 0 Å². The smallest absolute Gasteiger partial charge is 0.0823 e. The molecule has 0 aliphatic carbocycles. The van der Waals surface area contributed by atoms with Crippen LogP contribution in [0, 0.1) is 0 Å². The highest BCUT2D eigenvalue weighted by atomic mass is 16.5. The highest BCUT2D eigenvalue weighted by Crippen LogP contribution is 2.01. The minimum Gasteiger partial charge on any atom is -0.377 e. The van der Waals surface area contributed by atoms with E-state index in [0.29, 0.717) is 13.2 Å². The van der Waals surface area contributed by atoms with Gasteiger partial charge in [-0.2, -0.15) is 0 Å². The van der Waals surface area contributed by atoms with Crippen molar-refractivity contribution in [3.05, 3.63) is 35.9 Å². The van der Waals surface area contributed by atoms with E-state index in [9.17, 15) is 5.11 Å². The third-order valence-corrected chi connectivity index (χ3v) is 1.79. The van der Waals surface area contributed by atoms with E-state index >= 15 is 0 Å². The minimum atomic E-state index is 0.00863. The second-order valence-corrected chi connectivity index (χ2v) is 2.95. The molecule has 0 amide bonds. The largest absolute Gasteiger partial charge is 0.377 e. The van der Waals surface area contributed by atoms with Gasteiger partial charge in [0.2, 0.25) is 0 Å². The summed E-state index contributed by atoms with van der Waals surface area (Å²) in [5, 5.41) is 10.1. The van der Waals surface area contributed by atoms with Crippen LogP contribution in [-0.4, -0.2) is 13.2 Å². The molecule has 71 valence electrons. The molecule has 1 rings (SSSR count). The summed E-state index contributed by atoms with van der Waals surface area (Å²) < 4.78 is 5.38. The normalized spacial score (nSPS) is 10.2. The molecule has 0 heterocycles. The van der Waals surface area contributed by atoms with Crippen LogP contribution in [0.5, 0.6) is 0 Å². The van der Waals surface area contributed by atoms with Gasteiger partial charge in [0.25, 0.3) is 0 Å². The van der Waals surface area contributed by atoms with Crippen molar-refractivity contribution in [1.29, 1.82) is 0 Å². The van der Waals surface area contributed by atoms with E-state index in [4.69, 9.17) is 4.74 Å². The quantitative estimate of drug-likeness (QED) is 0.616. The van der Waals surface area contributed by atoms with Gasteiger partial charge >= 0.3 is 0 Å². The molecule has 0 saturated heterocycles. The van der Waals surface area contributed by atoms with Crippen LogP contribution >= 0.6 is 0 Å². The maximum absolute atomic E-state index is 10.1. The lowest BCUT2D eigenvalue weighted by Crippen LogP contribution is -1.96. The first-order valence-corrected chi connectivity index (χ1v) is 4.63. The van der Waals surface area contributed by atoms with Gasteiger partial charge in [0.1, 0.15) is 0 Å². The van der Waals surface area contributed by atoms with E-state index in [1.54, 1.807) is 0 Å². The maximum atomic E-state index is 10.1. The molecule has 13 heavy (non-hydrogen) atoms. The standard InChI is InChI=1S/C11H15O2/c12-8-4-5-9-13-10-11-6-2-1-3-7-11/h1-3,6-7H,4-5,8-10H2. The Hall–Kier alpha value is -0.860. The summed E-state index contributed by atoms with van der Waals surface area (Å²) in [4.78, 5) is 0. The van der Waals surface area contributed by atoms with Crippen molar-refractivity contribution in [1.82, 2.24) is 0 Å². The van der Waals surface area contributed by atoms with Gasteiger partial charge in [-0.1, -0.05) is 30.3 Å². The molecule has 0 unspecified atom stereocenters. The molecule has 1 radical (unpaired) electrons. The second-order valence-electron chi connectivity index (χ2n) is 2.95. The van der Waals surface area contributed by atoms with E-state index in [1.807, 2.05) is 30.3 Å². The zero-order valence-electron chi connectivity index (χ0n) is 7.74. The fourth-order valence-corrected chi connectivity index (χ4v) is 1.07. The first kappa shape index (κ1) is 10.2. The summed E-state index contributed by atoms with van der Waals surface area (Å²) in [5.74, 6) is 0. The topological polar surface area (TPSA) is 29.1 Å². The molecule has 1 aromatic carbocycles. The zero-order valence-corrected chi connectivity index (χ0v) is 7.74. The Balaban J connectivity index is 2.07. The van der Waals surface area contributed by atoms with Gasteiger partial charge in [0.15, 0.2) is 0 Å². The highest BCUT2D eigenvalue weighted by molar-refractivity contribution is 5.13. The third kappa shape index (κ3) is 4.65. The average molecular weight is 179 g/mol. The number of benzene rings is 1. The van der Waals surface area contributed by atoms with Crippen LogP contribution in [0.2, 0.25) is 0 Å². The van der Waals surface area contributed by atoms with Crippen molar-refractivity contribution >= 4 is 0 Å². The van der Waals surface area contributed by atoms with Crippen LogP contribution in [0.15, 0.2) is 30.3 Å². The molecule has 2 nitrogen and oxygen atoms in total. The summed E-state index contributed by atoms with van der Waals surface area (Å²) >= 11 is 0. The Kier molecular flexibility index (Phi) is 5.22. The van der Waals surface area contributed by atoms with E-state index < -0.39 is 0 Å². The molecule has 0 bridgehead atoms. The average Bonchev–Trinajstić information content (AvgIpc) is 2.19. The van der Waals surface area contributed by atoms with Crippen LogP contribution in [0.1, 0.15) is 18.4 Å². The number of hydrogen-bond donors (Lipinski definition) is 0. The molecule has 0 spiro atoms. The van der Waals surface area contributed by atoms with Crippen LogP contribution < -0.4 is 0 Å². The van der Waals surface area contributed by atoms with Gasteiger partial charge in [-0.05, 0) is 18.4 Å². The highest BCUT2D eigenvalue weighted by Gasteiger charge is 1.91. The molecule has 0 atom stereocenters. The molecule has 0 saturated carbocycles. The van der Waals surface area contributed by atoms with E-state index in [0.717, 1.165) is 12.8 Å². The molecule has 0 fully saturated rings. The Labute approximate surface area is 79.2 Å². The van der Waals surface area contributed by atoms with Gasteiger partial charge in [-0.3, -0.25) is 0 Å². The van der Waals surface area contributed by atoms with E-state index in [-0.39, 0.29) is 6.61 Å². The SMILES string of the molecule is [O]CCCCOCc1ccccc1. The van der Waals surface area contributed by atoms with Crippen LogP contribution in [0.25, 0.3) is 0 Å². The lowest BCUT2D eigenvalue weighted by Gasteiger charge is -2.02. The lowest BCUT2D eigenvalue weighted by molar-refractivity contribution is 0.106. The first-order chi connectivity index (χ1) is 6.43. The van der Waals surface area contributed by atoms with Gasteiger partial charge in [0, 0.05) is 6.61 Å². The number of ether oxygens (including phenoxy) is 1. The van der Waals surface area contributed by atoms with Crippen molar-refractivity contribution in [2.45, 2.75) is 19.4 Å². The van der Waals surface area contributed by atoms with Crippen molar-refractivity contribution in [3.8, 4) is 0 Å². The van der Waals surface area contributed by atoms with Crippen molar-refractivity contribution in [2.75, 3.05) is 13.2 Å². The lowest BCUT2D eigenvalue weighted by atomic mass is 10.2. The number of rotatable bonds is 6. The Morgan fingerprint density at radius 1 is 1.08 bits per heavy atom. The summed E-state index contributed by atoms with van der Waals surface area (Å²) in [6, 6.07) is 10.1. The Morgan fingerprint density at radius 3 is 2.54 bits per heavy atom. The zero-order chi connectivity index (χ0) is 9.36. The van der Waals surface area contributed by atoms with Gasteiger partial charge < -0.3 is 4.74 Å².